The molecule has 2 N–H and O–H groups in total. The molecule has 0 unspecified atom stereocenters. The van der Waals surface area contributed by atoms with Gasteiger partial charge in [0, 0.05) is 24.6 Å². The molecule has 0 saturated heterocycles. The number of pyridine rings is 1. The Morgan fingerprint density at radius 2 is 1.83 bits per heavy atom. The Balaban J connectivity index is 1.52. The number of rotatable bonds is 8. The molecular weight excluding hydrogens is 366 g/mol. The molecular formula is C23H23N3O3. The first-order valence-electron chi connectivity index (χ1n) is 9.43. The van der Waals surface area contributed by atoms with E-state index in [0.29, 0.717) is 30.8 Å². The van der Waals surface area contributed by atoms with Crippen LogP contribution >= 0.6 is 0 Å². The highest BCUT2D eigenvalue weighted by atomic mass is 16.5. The highest BCUT2D eigenvalue weighted by Crippen LogP contribution is 2.14. The van der Waals surface area contributed by atoms with E-state index in [1.54, 1.807) is 24.4 Å². The first kappa shape index (κ1) is 20.1. The SMILES string of the molecule is CCOc1ccc(CC(=O)NCc2cccc(NC(=O)c3cccnc3)c2)cc1. The van der Waals surface area contributed by atoms with E-state index in [9.17, 15) is 9.59 Å². The van der Waals surface area contributed by atoms with Gasteiger partial charge in [0.25, 0.3) is 5.91 Å². The molecule has 0 radical (unpaired) electrons. The maximum Gasteiger partial charge on any atom is 0.257 e. The molecule has 3 aromatic rings. The summed E-state index contributed by atoms with van der Waals surface area (Å²) in [7, 11) is 0. The molecule has 148 valence electrons. The first-order chi connectivity index (χ1) is 14.1. The normalized spacial score (nSPS) is 10.2. The highest BCUT2D eigenvalue weighted by Gasteiger charge is 2.07. The minimum absolute atomic E-state index is 0.0704. The second-order valence-electron chi connectivity index (χ2n) is 6.43. The molecule has 3 rings (SSSR count). The van der Waals surface area contributed by atoms with Crippen LogP contribution in [0.3, 0.4) is 0 Å². The monoisotopic (exact) mass is 389 g/mol. The van der Waals surface area contributed by atoms with E-state index in [2.05, 4.69) is 15.6 Å². The van der Waals surface area contributed by atoms with Gasteiger partial charge in [-0.2, -0.15) is 0 Å². The Morgan fingerprint density at radius 3 is 2.55 bits per heavy atom. The summed E-state index contributed by atoms with van der Waals surface area (Å²) >= 11 is 0. The maximum atomic E-state index is 12.2. The van der Waals surface area contributed by atoms with Gasteiger partial charge in [-0.15, -0.1) is 0 Å². The van der Waals surface area contributed by atoms with E-state index < -0.39 is 0 Å². The van der Waals surface area contributed by atoms with Crippen molar-refractivity contribution in [2.24, 2.45) is 0 Å². The van der Waals surface area contributed by atoms with E-state index >= 15 is 0 Å². The molecule has 0 aliphatic carbocycles. The number of benzene rings is 2. The summed E-state index contributed by atoms with van der Waals surface area (Å²) in [6.45, 7) is 2.93. The van der Waals surface area contributed by atoms with Crippen LogP contribution in [0, 0.1) is 0 Å². The standard InChI is InChI=1S/C23H23N3O3/c1-2-29-21-10-8-17(9-11-21)14-22(27)25-15-18-5-3-7-20(13-18)26-23(28)19-6-4-12-24-16-19/h3-13,16H,2,14-15H2,1H3,(H,25,27)(H,26,28). The fraction of sp³-hybridized carbons (Fsp3) is 0.174. The van der Waals surface area contributed by atoms with Gasteiger partial charge in [-0.05, 0) is 54.4 Å². The summed E-state index contributed by atoms with van der Waals surface area (Å²) in [5.41, 5.74) is 2.97. The molecule has 0 bridgehead atoms. The smallest absolute Gasteiger partial charge is 0.257 e. The van der Waals surface area contributed by atoms with E-state index in [1.165, 1.54) is 6.20 Å². The Kier molecular flexibility index (Phi) is 6.95. The number of nitrogens with one attached hydrogen (secondary N) is 2. The Bertz CT molecular complexity index is 957. The fourth-order valence-electron chi connectivity index (χ4n) is 2.78. The van der Waals surface area contributed by atoms with Crippen LogP contribution in [0.5, 0.6) is 5.75 Å². The van der Waals surface area contributed by atoms with Crippen LogP contribution in [0.4, 0.5) is 5.69 Å². The van der Waals surface area contributed by atoms with Gasteiger partial charge < -0.3 is 15.4 Å². The fourth-order valence-corrected chi connectivity index (χ4v) is 2.78. The molecule has 1 heterocycles. The number of aromatic nitrogens is 1. The summed E-state index contributed by atoms with van der Waals surface area (Å²) in [4.78, 5) is 28.4. The summed E-state index contributed by atoms with van der Waals surface area (Å²) in [6, 6.07) is 18.3. The topological polar surface area (TPSA) is 80.3 Å². The summed E-state index contributed by atoms with van der Waals surface area (Å²) < 4.78 is 5.40. The van der Waals surface area contributed by atoms with Crippen molar-refractivity contribution >= 4 is 17.5 Å². The summed E-state index contributed by atoms with van der Waals surface area (Å²) in [5.74, 6) is 0.496. The molecule has 6 heteroatoms. The van der Waals surface area contributed by atoms with Crippen LogP contribution in [-0.4, -0.2) is 23.4 Å². The summed E-state index contributed by atoms with van der Waals surface area (Å²) in [5, 5.41) is 5.74. The molecule has 0 aliphatic rings. The van der Waals surface area contributed by atoms with Crippen LogP contribution in [0.15, 0.2) is 73.1 Å². The zero-order valence-electron chi connectivity index (χ0n) is 16.2. The number of nitrogens with zero attached hydrogens (tertiary/aromatic N) is 1. The lowest BCUT2D eigenvalue weighted by Gasteiger charge is -2.09. The Labute approximate surface area is 169 Å². The maximum absolute atomic E-state index is 12.2. The molecule has 29 heavy (non-hydrogen) atoms. The summed E-state index contributed by atoms with van der Waals surface area (Å²) in [6.07, 6.45) is 3.43. The van der Waals surface area contributed by atoms with E-state index in [-0.39, 0.29) is 11.8 Å². The minimum atomic E-state index is -0.227. The third-order valence-electron chi connectivity index (χ3n) is 4.20. The third-order valence-corrected chi connectivity index (χ3v) is 4.20. The van der Waals surface area contributed by atoms with Crippen LogP contribution in [-0.2, 0) is 17.8 Å². The zero-order valence-corrected chi connectivity index (χ0v) is 16.2. The Hall–Kier alpha value is -3.67. The van der Waals surface area contributed by atoms with Gasteiger partial charge in [-0.1, -0.05) is 24.3 Å². The van der Waals surface area contributed by atoms with Crippen molar-refractivity contribution in [2.75, 3.05) is 11.9 Å². The van der Waals surface area contributed by atoms with Crippen molar-refractivity contribution in [3.8, 4) is 5.75 Å². The van der Waals surface area contributed by atoms with Crippen molar-refractivity contribution in [3.63, 3.8) is 0 Å². The van der Waals surface area contributed by atoms with Gasteiger partial charge in [-0.3, -0.25) is 14.6 Å². The van der Waals surface area contributed by atoms with Crippen LogP contribution in [0.25, 0.3) is 0 Å². The van der Waals surface area contributed by atoms with Gasteiger partial charge in [0.05, 0.1) is 18.6 Å². The van der Waals surface area contributed by atoms with E-state index in [4.69, 9.17) is 4.74 Å². The van der Waals surface area contributed by atoms with Gasteiger partial charge in [-0.25, -0.2) is 0 Å². The lowest BCUT2D eigenvalue weighted by atomic mass is 10.1. The average molecular weight is 389 g/mol. The lowest BCUT2D eigenvalue weighted by molar-refractivity contribution is -0.120. The number of ether oxygens (including phenoxy) is 1. The third kappa shape index (κ3) is 6.17. The lowest BCUT2D eigenvalue weighted by Crippen LogP contribution is -2.24. The second kappa shape index (κ2) is 10.0. The number of amides is 2. The van der Waals surface area contributed by atoms with Gasteiger partial charge in [0.15, 0.2) is 0 Å². The predicted molar refractivity (Wildman–Crippen MR) is 112 cm³/mol. The second-order valence-corrected chi connectivity index (χ2v) is 6.43. The minimum Gasteiger partial charge on any atom is -0.494 e. The van der Waals surface area contributed by atoms with Crippen LogP contribution in [0.2, 0.25) is 0 Å². The number of carbonyl (C=O) groups excluding carboxylic acids is 2. The quantitative estimate of drug-likeness (QED) is 0.617. The largest absolute Gasteiger partial charge is 0.494 e. The number of anilines is 1. The zero-order chi connectivity index (χ0) is 20.5. The van der Waals surface area contributed by atoms with Gasteiger partial charge >= 0.3 is 0 Å². The Morgan fingerprint density at radius 1 is 1.00 bits per heavy atom. The van der Waals surface area contributed by atoms with E-state index in [1.807, 2.05) is 49.4 Å². The van der Waals surface area contributed by atoms with Crippen LogP contribution < -0.4 is 15.4 Å². The highest BCUT2D eigenvalue weighted by molar-refractivity contribution is 6.04. The molecule has 0 aliphatic heterocycles. The molecule has 1 aromatic heterocycles. The molecule has 2 aromatic carbocycles. The molecule has 0 fully saturated rings. The molecule has 0 atom stereocenters. The first-order valence-corrected chi connectivity index (χ1v) is 9.43. The van der Waals surface area contributed by atoms with E-state index in [0.717, 1.165) is 16.9 Å². The van der Waals surface area contributed by atoms with Crippen molar-refractivity contribution in [1.82, 2.24) is 10.3 Å². The number of carbonyl (C=O) groups is 2. The molecule has 2 amide bonds. The predicted octanol–water partition coefficient (Wildman–Crippen LogP) is 3.59. The molecule has 6 nitrogen and oxygen atoms in total. The average Bonchev–Trinajstić information content (AvgIpc) is 2.75. The van der Waals surface area contributed by atoms with Gasteiger partial charge in [0.2, 0.25) is 5.91 Å². The van der Waals surface area contributed by atoms with Crippen LogP contribution in [0.1, 0.15) is 28.4 Å². The number of hydrogen-bond acceptors (Lipinski definition) is 4. The van der Waals surface area contributed by atoms with Crippen molar-refractivity contribution in [3.05, 3.63) is 89.7 Å². The van der Waals surface area contributed by atoms with Gasteiger partial charge in [0.1, 0.15) is 5.75 Å². The molecule has 0 spiro atoms. The van der Waals surface area contributed by atoms with Crippen molar-refractivity contribution < 1.29 is 14.3 Å². The molecule has 0 saturated carbocycles. The van der Waals surface area contributed by atoms with Crippen molar-refractivity contribution in [1.29, 1.82) is 0 Å². The number of hydrogen-bond donors (Lipinski definition) is 2. The van der Waals surface area contributed by atoms with Crippen molar-refractivity contribution in [2.45, 2.75) is 19.9 Å².